The number of rotatable bonds is 9. The predicted molar refractivity (Wildman–Crippen MR) is 135 cm³/mol. The molecule has 0 fully saturated rings. The fraction of sp³-hybridized carbons (Fsp3) is 0.250. The Kier molecular flexibility index (Phi) is 8.19. The highest BCUT2D eigenvalue weighted by Crippen LogP contribution is 2.34. The molecule has 176 valence electrons. The number of oxime groups is 1. The maximum absolute atomic E-state index is 12.7. The Morgan fingerprint density at radius 2 is 1.97 bits per heavy atom. The number of ether oxygens (including phenoxy) is 2. The molecule has 3 aromatic rings. The van der Waals surface area contributed by atoms with Crippen LogP contribution in [0.3, 0.4) is 0 Å². The van der Waals surface area contributed by atoms with Crippen molar-refractivity contribution in [2.24, 2.45) is 5.16 Å². The summed E-state index contributed by atoms with van der Waals surface area (Å²) in [4.78, 5) is 17.4. The van der Waals surface area contributed by atoms with E-state index in [0.717, 1.165) is 22.0 Å². The summed E-state index contributed by atoms with van der Waals surface area (Å²) in [7, 11) is 0. The Hall–Kier alpha value is -3.93. The number of pyridine rings is 1. The van der Waals surface area contributed by atoms with E-state index in [9.17, 15) is 4.79 Å². The molecule has 6 heteroatoms. The number of nitrogens with zero attached hydrogens (tertiary/aromatic N) is 2. The number of hydrogen-bond acceptors (Lipinski definition) is 6. The zero-order valence-electron chi connectivity index (χ0n) is 19.9. The van der Waals surface area contributed by atoms with Crippen molar-refractivity contribution < 1.29 is 19.5 Å². The van der Waals surface area contributed by atoms with Crippen molar-refractivity contribution >= 4 is 23.1 Å². The van der Waals surface area contributed by atoms with E-state index >= 15 is 0 Å². The van der Waals surface area contributed by atoms with Crippen molar-refractivity contribution in [2.45, 2.75) is 39.2 Å². The molecule has 1 heterocycles. The lowest BCUT2D eigenvalue weighted by Gasteiger charge is -2.25. The lowest BCUT2D eigenvalue weighted by atomic mass is 9.94. The summed E-state index contributed by atoms with van der Waals surface area (Å²) >= 11 is 0. The fourth-order valence-electron chi connectivity index (χ4n) is 3.55. The molecule has 1 atom stereocenters. The van der Waals surface area contributed by atoms with Gasteiger partial charge in [-0.2, -0.15) is 0 Å². The molecule has 1 aromatic heterocycles. The van der Waals surface area contributed by atoms with E-state index in [1.165, 1.54) is 17.9 Å². The molecule has 0 aliphatic heterocycles. The van der Waals surface area contributed by atoms with Gasteiger partial charge >= 0.3 is 5.97 Å². The highest BCUT2D eigenvalue weighted by Gasteiger charge is 2.34. The average molecular weight is 459 g/mol. The predicted octanol–water partition coefficient (Wildman–Crippen LogP) is 6.30. The molecule has 0 bridgehead atoms. The van der Waals surface area contributed by atoms with Crippen LogP contribution in [0.25, 0.3) is 22.0 Å². The van der Waals surface area contributed by atoms with E-state index in [1.54, 1.807) is 38.3 Å². The van der Waals surface area contributed by atoms with E-state index in [0.29, 0.717) is 11.7 Å². The van der Waals surface area contributed by atoms with E-state index in [2.05, 4.69) is 42.2 Å². The molecule has 1 N–H and O–H groups in total. The summed E-state index contributed by atoms with van der Waals surface area (Å²) in [5, 5.41) is 12.5. The van der Waals surface area contributed by atoms with Gasteiger partial charge in [-0.15, -0.1) is 0 Å². The van der Waals surface area contributed by atoms with Gasteiger partial charge in [-0.25, -0.2) is 4.79 Å². The third-order valence-corrected chi connectivity index (χ3v) is 5.34. The van der Waals surface area contributed by atoms with Crippen LogP contribution in [-0.2, 0) is 9.53 Å². The Labute approximate surface area is 200 Å². The Morgan fingerprint density at radius 3 is 2.71 bits per heavy atom. The first-order valence-corrected chi connectivity index (χ1v) is 11.2. The summed E-state index contributed by atoms with van der Waals surface area (Å²) in [6, 6.07) is 16.0. The van der Waals surface area contributed by atoms with Gasteiger partial charge in [0.25, 0.3) is 0 Å². The number of benzene rings is 2. The normalized spacial score (nSPS) is 13.8. The van der Waals surface area contributed by atoms with E-state index < -0.39 is 11.6 Å². The van der Waals surface area contributed by atoms with Gasteiger partial charge in [0.15, 0.2) is 0 Å². The summed E-state index contributed by atoms with van der Waals surface area (Å²) in [5.41, 5.74) is 2.73. The standard InChI is InChI=1S/C28H30N2O4/c1-5-33-27(31)28(4,14-7-6-8-16-30-32)34-24-13-9-11-21(18-24)25-19-23(20(2)3)17-22-12-10-15-29-26(22)25/h6-20,32H,5H2,1-4H3/b8-6-,14-7+,30-16+. The van der Waals surface area contributed by atoms with Gasteiger partial charge in [-0.3, -0.25) is 4.98 Å². The largest absolute Gasteiger partial charge is 0.472 e. The van der Waals surface area contributed by atoms with Crippen molar-refractivity contribution in [1.82, 2.24) is 4.98 Å². The maximum Gasteiger partial charge on any atom is 0.354 e. The van der Waals surface area contributed by atoms with Gasteiger partial charge in [0.1, 0.15) is 5.75 Å². The number of carbonyl (C=O) groups is 1. The van der Waals surface area contributed by atoms with Gasteiger partial charge in [0.05, 0.1) is 18.3 Å². The van der Waals surface area contributed by atoms with Crippen molar-refractivity contribution in [1.29, 1.82) is 0 Å². The van der Waals surface area contributed by atoms with Crippen molar-refractivity contribution in [3.8, 4) is 16.9 Å². The van der Waals surface area contributed by atoms with Crippen LogP contribution in [-0.4, -0.2) is 34.6 Å². The number of fused-ring (bicyclic) bond motifs is 1. The molecule has 0 amide bonds. The second-order valence-electron chi connectivity index (χ2n) is 8.26. The van der Waals surface area contributed by atoms with Crippen LogP contribution in [0, 0.1) is 0 Å². The molecule has 0 spiro atoms. The minimum Gasteiger partial charge on any atom is -0.472 e. The van der Waals surface area contributed by atoms with Crippen LogP contribution in [0.5, 0.6) is 5.75 Å². The molecule has 0 radical (unpaired) electrons. The first-order valence-electron chi connectivity index (χ1n) is 11.2. The van der Waals surface area contributed by atoms with E-state index in [1.807, 2.05) is 30.3 Å². The van der Waals surface area contributed by atoms with Crippen LogP contribution in [0.1, 0.15) is 39.2 Å². The van der Waals surface area contributed by atoms with Crippen LogP contribution in [0.2, 0.25) is 0 Å². The molecule has 0 saturated carbocycles. The molecule has 1 unspecified atom stereocenters. The van der Waals surface area contributed by atoms with Crippen LogP contribution in [0.15, 0.2) is 84.2 Å². The fourth-order valence-corrected chi connectivity index (χ4v) is 3.55. The Morgan fingerprint density at radius 1 is 1.15 bits per heavy atom. The lowest BCUT2D eigenvalue weighted by molar-refractivity contribution is -0.156. The molecule has 0 saturated heterocycles. The highest BCUT2D eigenvalue weighted by molar-refractivity contribution is 5.94. The third-order valence-electron chi connectivity index (χ3n) is 5.34. The monoisotopic (exact) mass is 458 g/mol. The van der Waals surface area contributed by atoms with E-state index in [-0.39, 0.29) is 6.61 Å². The highest BCUT2D eigenvalue weighted by atomic mass is 16.6. The average Bonchev–Trinajstić information content (AvgIpc) is 2.83. The summed E-state index contributed by atoms with van der Waals surface area (Å²) in [6.07, 6.45) is 9.43. The lowest BCUT2D eigenvalue weighted by Crippen LogP contribution is -2.41. The number of carbonyl (C=O) groups excluding carboxylic acids is 1. The molecule has 3 rings (SSSR count). The smallest absolute Gasteiger partial charge is 0.354 e. The summed E-state index contributed by atoms with van der Waals surface area (Å²) < 4.78 is 11.4. The van der Waals surface area contributed by atoms with Crippen LogP contribution < -0.4 is 4.74 Å². The minimum atomic E-state index is -1.35. The first-order chi connectivity index (χ1) is 16.4. The zero-order valence-corrected chi connectivity index (χ0v) is 19.9. The Balaban J connectivity index is 2.02. The van der Waals surface area contributed by atoms with Crippen molar-refractivity contribution in [3.05, 3.63) is 84.6 Å². The van der Waals surface area contributed by atoms with Gasteiger partial charge in [0, 0.05) is 17.1 Å². The topological polar surface area (TPSA) is 81.0 Å². The van der Waals surface area contributed by atoms with Gasteiger partial charge in [-0.1, -0.05) is 49.4 Å². The van der Waals surface area contributed by atoms with E-state index in [4.69, 9.17) is 14.7 Å². The third kappa shape index (κ3) is 5.90. The molecule has 0 aliphatic rings. The molecule has 6 nitrogen and oxygen atoms in total. The zero-order chi connectivity index (χ0) is 24.6. The van der Waals surface area contributed by atoms with Gasteiger partial charge in [-0.05, 0) is 73.4 Å². The van der Waals surface area contributed by atoms with Crippen molar-refractivity contribution in [2.75, 3.05) is 6.61 Å². The van der Waals surface area contributed by atoms with Gasteiger partial charge < -0.3 is 14.7 Å². The molecule has 34 heavy (non-hydrogen) atoms. The molecule has 0 aliphatic carbocycles. The molecular formula is C28H30N2O4. The van der Waals surface area contributed by atoms with Crippen LogP contribution in [0.4, 0.5) is 0 Å². The second kappa shape index (κ2) is 11.3. The Bertz CT molecular complexity index is 1230. The number of allylic oxidation sites excluding steroid dienone is 3. The summed E-state index contributed by atoms with van der Waals surface area (Å²) in [6.45, 7) is 7.97. The number of esters is 1. The minimum absolute atomic E-state index is 0.234. The summed E-state index contributed by atoms with van der Waals surface area (Å²) in [5.74, 6) is 0.386. The van der Waals surface area contributed by atoms with Crippen LogP contribution >= 0.6 is 0 Å². The quantitative estimate of drug-likeness (QED) is 0.134. The van der Waals surface area contributed by atoms with Gasteiger partial charge in [0.2, 0.25) is 5.60 Å². The van der Waals surface area contributed by atoms with Crippen molar-refractivity contribution in [3.63, 3.8) is 0 Å². The SMILES string of the molecule is CCOC(=O)C(C)(/C=C/C=C\C=N\O)Oc1cccc(-c2cc(C(C)C)cc3cccnc23)c1. The number of hydrogen-bond donors (Lipinski definition) is 1. The molecule has 2 aromatic carbocycles. The molecular weight excluding hydrogens is 428 g/mol. The first kappa shape index (κ1) is 24.7. The number of aromatic nitrogens is 1. The second-order valence-corrected chi connectivity index (χ2v) is 8.26. The maximum atomic E-state index is 12.7.